The molecular weight excluding hydrogens is 204 g/mol. The molecule has 0 aliphatic rings. The summed E-state index contributed by atoms with van der Waals surface area (Å²) in [4.78, 5) is 17.4. The van der Waals surface area contributed by atoms with E-state index in [2.05, 4.69) is 4.98 Å². The highest BCUT2D eigenvalue weighted by Crippen LogP contribution is 2.20. The van der Waals surface area contributed by atoms with Crippen molar-refractivity contribution in [2.75, 3.05) is 18.6 Å². The van der Waals surface area contributed by atoms with Crippen molar-refractivity contribution in [1.29, 1.82) is 0 Å². The fourth-order valence-corrected chi connectivity index (χ4v) is 1.54. The van der Waals surface area contributed by atoms with Gasteiger partial charge in [0.05, 0.1) is 7.11 Å². The van der Waals surface area contributed by atoms with Gasteiger partial charge in [-0.1, -0.05) is 0 Å². The summed E-state index contributed by atoms with van der Waals surface area (Å²) >= 11 is 0. The van der Waals surface area contributed by atoms with Crippen LogP contribution in [0.25, 0.3) is 0 Å². The second-order valence-electron chi connectivity index (χ2n) is 3.96. The molecule has 4 heteroatoms. The van der Waals surface area contributed by atoms with E-state index in [0.29, 0.717) is 0 Å². The average Bonchev–Trinajstić information content (AvgIpc) is 2.26. The minimum atomic E-state index is -0.232. The zero-order chi connectivity index (χ0) is 12.1. The normalized spacial score (nSPS) is 10.3. The Kier molecular flexibility index (Phi) is 4.28. The number of anilines is 1. The van der Waals surface area contributed by atoms with E-state index in [1.165, 1.54) is 7.11 Å². The molecule has 0 bridgehead atoms. The SMILES string of the molecule is COC(=O)CN(c1ccncc1C)C(C)C. The predicted octanol–water partition coefficient (Wildman–Crippen LogP) is 1.78. The third-order valence-electron chi connectivity index (χ3n) is 2.45. The first kappa shape index (κ1) is 12.5. The summed E-state index contributed by atoms with van der Waals surface area (Å²) in [5.74, 6) is -0.232. The summed E-state index contributed by atoms with van der Waals surface area (Å²) in [6.45, 7) is 6.33. The van der Waals surface area contributed by atoms with Crippen molar-refractivity contribution >= 4 is 11.7 Å². The number of esters is 1. The number of carbonyl (C=O) groups excluding carboxylic acids is 1. The average molecular weight is 222 g/mol. The predicted molar refractivity (Wildman–Crippen MR) is 63.5 cm³/mol. The molecule has 0 saturated heterocycles. The molecule has 0 aliphatic heterocycles. The number of hydrogen-bond acceptors (Lipinski definition) is 4. The molecule has 1 aromatic rings. The largest absolute Gasteiger partial charge is 0.468 e. The molecule has 88 valence electrons. The molecule has 16 heavy (non-hydrogen) atoms. The summed E-state index contributed by atoms with van der Waals surface area (Å²) in [7, 11) is 1.40. The smallest absolute Gasteiger partial charge is 0.325 e. The maximum absolute atomic E-state index is 11.3. The molecule has 0 aromatic carbocycles. The lowest BCUT2D eigenvalue weighted by molar-refractivity contribution is -0.139. The maximum atomic E-state index is 11.3. The first-order chi connectivity index (χ1) is 7.56. The Morgan fingerprint density at radius 2 is 2.25 bits per heavy atom. The summed E-state index contributed by atoms with van der Waals surface area (Å²) < 4.78 is 4.70. The van der Waals surface area contributed by atoms with Crippen LogP contribution < -0.4 is 4.90 Å². The molecule has 4 nitrogen and oxygen atoms in total. The lowest BCUT2D eigenvalue weighted by atomic mass is 10.2. The standard InChI is InChI=1S/C12H18N2O2/c1-9(2)14(8-12(15)16-4)11-5-6-13-7-10(11)3/h5-7,9H,8H2,1-4H3. The highest BCUT2D eigenvalue weighted by molar-refractivity contribution is 5.76. The van der Waals surface area contributed by atoms with Crippen LogP contribution in [0, 0.1) is 6.92 Å². The number of hydrogen-bond donors (Lipinski definition) is 0. The Balaban J connectivity index is 2.94. The van der Waals surface area contributed by atoms with Gasteiger partial charge in [-0.25, -0.2) is 0 Å². The van der Waals surface area contributed by atoms with Crippen LogP contribution in [0.5, 0.6) is 0 Å². The molecule has 0 unspecified atom stereocenters. The molecule has 0 saturated carbocycles. The number of aryl methyl sites for hydroxylation is 1. The van der Waals surface area contributed by atoms with Gasteiger partial charge in [-0.3, -0.25) is 9.78 Å². The Hall–Kier alpha value is -1.58. The third kappa shape index (κ3) is 2.95. The van der Waals surface area contributed by atoms with Crippen LogP contribution in [0.4, 0.5) is 5.69 Å². The zero-order valence-corrected chi connectivity index (χ0v) is 10.2. The maximum Gasteiger partial charge on any atom is 0.325 e. The van der Waals surface area contributed by atoms with Gasteiger partial charge < -0.3 is 9.64 Å². The summed E-state index contributed by atoms with van der Waals surface area (Å²) in [6.07, 6.45) is 3.52. The molecule has 1 heterocycles. The molecule has 0 amide bonds. The van der Waals surface area contributed by atoms with E-state index in [0.717, 1.165) is 11.3 Å². The second-order valence-corrected chi connectivity index (χ2v) is 3.96. The molecule has 0 atom stereocenters. The molecule has 0 radical (unpaired) electrons. The lowest BCUT2D eigenvalue weighted by Gasteiger charge is -2.28. The Morgan fingerprint density at radius 3 is 2.75 bits per heavy atom. The van der Waals surface area contributed by atoms with Crippen molar-refractivity contribution in [3.63, 3.8) is 0 Å². The van der Waals surface area contributed by atoms with Gasteiger partial charge in [0.2, 0.25) is 0 Å². The number of carbonyl (C=O) groups is 1. The van der Waals surface area contributed by atoms with Gasteiger partial charge in [0.15, 0.2) is 0 Å². The Labute approximate surface area is 96.2 Å². The van der Waals surface area contributed by atoms with Crippen molar-refractivity contribution in [1.82, 2.24) is 4.98 Å². The number of nitrogens with zero attached hydrogens (tertiary/aromatic N) is 2. The van der Waals surface area contributed by atoms with Gasteiger partial charge in [-0.15, -0.1) is 0 Å². The van der Waals surface area contributed by atoms with Crippen LogP contribution in [0.3, 0.4) is 0 Å². The summed E-state index contributed by atoms with van der Waals surface area (Å²) in [5, 5.41) is 0. The van der Waals surface area contributed by atoms with Gasteiger partial charge in [-0.05, 0) is 32.4 Å². The zero-order valence-electron chi connectivity index (χ0n) is 10.2. The van der Waals surface area contributed by atoms with Crippen molar-refractivity contribution < 1.29 is 9.53 Å². The van der Waals surface area contributed by atoms with Gasteiger partial charge in [0.25, 0.3) is 0 Å². The minimum Gasteiger partial charge on any atom is -0.468 e. The van der Waals surface area contributed by atoms with Gasteiger partial charge in [-0.2, -0.15) is 0 Å². The molecule has 0 fully saturated rings. The molecule has 1 aromatic heterocycles. The van der Waals surface area contributed by atoms with Crippen LogP contribution in [0.2, 0.25) is 0 Å². The molecular formula is C12H18N2O2. The van der Waals surface area contributed by atoms with E-state index in [1.807, 2.05) is 31.7 Å². The van der Waals surface area contributed by atoms with Crippen LogP contribution in [0.15, 0.2) is 18.5 Å². The molecule has 0 spiro atoms. The highest BCUT2D eigenvalue weighted by Gasteiger charge is 2.16. The van der Waals surface area contributed by atoms with E-state index in [9.17, 15) is 4.79 Å². The minimum absolute atomic E-state index is 0.232. The number of rotatable bonds is 4. The van der Waals surface area contributed by atoms with Crippen molar-refractivity contribution in [2.45, 2.75) is 26.8 Å². The number of methoxy groups -OCH3 is 1. The van der Waals surface area contributed by atoms with Crippen LogP contribution >= 0.6 is 0 Å². The van der Waals surface area contributed by atoms with Gasteiger partial charge in [0, 0.05) is 24.1 Å². The van der Waals surface area contributed by atoms with Gasteiger partial charge in [0.1, 0.15) is 6.54 Å². The quantitative estimate of drug-likeness (QED) is 0.728. The van der Waals surface area contributed by atoms with E-state index in [1.54, 1.807) is 12.4 Å². The Bertz CT molecular complexity index is 364. The fourth-order valence-electron chi connectivity index (χ4n) is 1.54. The van der Waals surface area contributed by atoms with E-state index in [-0.39, 0.29) is 18.6 Å². The van der Waals surface area contributed by atoms with E-state index in [4.69, 9.17) is 4.74 Å². The summed E-state index contributed by atoms with van der Waals surface area (Å²) in [6, 6.07) is 2.15. The monoisotopic (exact) mass is 222 g/mol. The molecule has 1 rings (SSSR count). The second kappa shape index (κ2) is 5.49. The van der Waals surface area contributed by atoms with E-state index < -0.39 is 0 Å². The first-order valence-corrected chi connectivity index (χ1v) is 5.30. The number of aromatic nitrogens is 1. The fraction of sp³-hybridized carbons (Fsp3) is 0.500. The summed E-state index contributed by atoms with van der Waals surface area (Å²) in [5.41, 5.74) is 2.08. The first-order valence-electron chi connectivity index (χ1n) is 5.30. The molecule has 0 N–H and O–H groups in total. The highest BCUT2D eigenvalue weighted by atomic mass is 16.5. The van der Waals surface area contributed by atoms with Crippen molar-refractivity contribution in [2.24, 2.45) is 0 Å². The molecule has 0 aliphatic carbocycles. The van der Waals surface area contributed by atoms with Crippen molar-refractivity contribution in [3.8, 4) is 0 Å². The van der Waals surface area contributed by atoms with Crippen LogP contribution in [-0.4, -0.2) is 30.6 Å². The van der Waals surface area contributed by atoms with Crippen LogP contribution in [-0.2, 0) is 9.53 Å². The third-order valence-corrected chi connectivity index (χ3v) is 2.45. The van der Waals surface area contributed by atoms with E-state index >= 15 is 0 Å². The Morgan fingerprint density at radius 1 is 1.56 bits per heavy atom. The lowest BCUT2D eigenvalue weighted by Crippen LogP contribution is -2.36. The van der Waals surface area contributed by atoms with Crippen LogP contribution in [0.1, 0.15) is 19.4 Å². The van der Waals surface area contributed by atoms with Gasteiger partial charge >= 0.3 is 5.97 Å². The topological polar surface area (TPSA) is 42.4 Å². The van der Waals surface area contributed by atoms with Crippen molar-refractivity contribution in [3.05, 3.63) is 24.0 Å². The number of ether oxygens (including phenoxy) is 1. The number of pyridine rings is 1.